The van der Waals surface area contributed by atoms with Gasteiger partial charge >= 0.3 is 0 Å². The van der Waals surface area contributed by atoms with Gasteiger partial charge in [-0.3, -0.25) is 9.78 Å². The van der Waals surface area contributed by atoms with Crippen LogP contribution in [0, 0.1) is 0 Å². The molecule has 4 heteroatoms. The van der Waals surface area contributed by atoms with E-state index in [9.17, 15) is 4.79 Å². The van der Waals surface area contributed by atoms with E-state index < -0.39 is 0 Å². The summed E-state index contributed by atoms with van der Waals surface area (Å²) in [4.78, 5) is 18.8. The van der Waals surface area contributed by atoms with Crippen molar-refractivity contribution in [3.05, 3.63) is 65.0 Å². The number of amides is 1. The third-order valence-corrected chi connectivity index (χ3v) is 5.28. The van der Waals surface area contributed by atoms with Crippen LogP contribution in [0.15, 0.2) is 42.7 Å². The minimum absolute atomic E-state index is 0.167. The maximum Gasteiger partial charge on any atom is 0.253 e. The number of aryl methyl sites for hydroxylation is 2. The number of likely N-dealkylation sites (tertiary alicyclic amines) is 1. The third kappa shape index (κ3) is 3.74. The van der Waals surface area contributed by atoms with Gasteiger partial charge in [0.15, 0.2) is 0 Å². The maximum atomic E-state index is 12.8. The number of carbonyl (C=O) groups is 1. The number of ether oxygens (including phenoxy) is 1. The minimum Gasteiger partial charge on any atom is -0.373 e. The highest BCUT2D eigenvalue weighted by atomic mass is 16.5. The van der Waals surface area contributed by atoms with Crippen LogP contribution in [0.5, 0.6) is 0 Å². The fourth-order valence-corrected chi connectivity index (χ4v) is 3.81. The molecule has 2 heterocycles. The molecular weight excluding hydrogens is 312 g/mol. The van der Waals surface area contributed by atoms with Gasteiger partial charge in [0.05, 0.1) is 12.7 Å². The fourth-order valence-electron chi connectivity index (χ4n) is 3.81. The lowest BCUT2D eigenvalue weighted by Gasteiger charge is -2.32. The molecule has 1 aromatic heterocycles. The van der Waals surface area contributed by atoms with Gasteiger partial charge in [-0.1, -0.05) is 12.1 Å². The molecule has 0 N–H and O–H groups in total. The van der Waals surface area contributed by atoms with Gasteiger partial charge in [0, 0.05) is 31.0 Å². The monoisotopic (exact) mass is 336 g/mol. The van der Waals surface area contributed by atoms with Crippen LogP contribution in [0.4, 0.5) is 0 Å². The van der Waals surface area contributed by atoms with Crippen LogP contribution in [-0.2, 0) is 24.2 Å². The van der Waals surface area contributed by atoms with E-state index in [2.05, 4.69) is 17.1 Å². The summed E-state index contributed by atoms with van der Waals surface area (Å²) in [5, 5.41) is 0. The Morgan fingerprint density at radius 1 is 1.16 bits per heavy atom. The molecule has 25 heavy (non-hydrogen) atoms. The molecule has 0 spiro atoms. The Bertz CT molecular complexity index is 737. The number of hydrogen-bond acceptors (Lipinski definition) is 3. The number of hydrogen-bond donors (Lipinski definition) is 0. The van der Waals surface area contributed by atoms with Crippen molar-refractivity contribution in [2.45, 2.75) is 44.8 Å². The predicted molar refractivity (Wildman–Crippen MR) is 96.4 cm³/mol. The summed E-state index contributed by atoms with van der Waals surface area (Å²) >= 11 is 0. The van der Waals surface area contributed by atoms with E-state index in [0.717, 1.165) is 49.9 Å². The molecule has 0 radical (unpaired) electrons. The van der Waals surface area contributed by atoms with Crippen molar-refractivity contribution in [3.63, 3.8) is 0 Å². The Kier molecular flexibility index (Phi) is 4.79. The summed E-state index contributed by atoms with van der Waals surface area (Å²) in [5.41, 5.74) is 4.72. The molecule has 0 atom stereocenters. The minimum atomic E-state index is 0.167. The zero-order valence-electron chi connectivity index (χ0n) is 14.5. The lowest BCUT2D eigenvalue weighted by atomic mass is 10.0. The lowest BCUT2D eigenvalue weighted by Crippen LogP contribution is -2.40. The molecule has 1 amide bonds. The normalized spacial score (nSPS) is 17.5. The van der Waals surface area contributed by atoms with Crippen molar-refractivity contribution in [1.82, 2.24) is 9.88 Å². The maximum absolute atomic E-state index is 12.8. The standard InChI is InChI=1S/C21H24N2O2/c24-21(19-7-6-17-4-1-5-18(17)13-19)23-11-8-20(9-12-23)25-15-16-3-2-10-22-14-16/h2-3,6-7,10,13-14,20H,1,4-5,8-9,11-12,15H2. The van der Waals surface area contributed by atoms with E-state index in [1.807, 2.05) is 29.3 Å². The van der Waals surface area contributed by atoms with Crippen LogP contribution in [0.2, 0.25) is 0 Å². The van der Waals surface area contributed by atoms with Gasteiger partial charge in [0.2, 0.25) is 0 Å². The Morgan fingerprint density at radius 3 is 2.80 bits per heavy atom. The van der Waals surface area contributed by atoms with E-state index >= 15 is 0 Å². The van der Waals surface area contributed by atoms with E-state index in [1.54, 1.807) is 6.20 Å². The van der Waals surface area contributed by atoms with Gasteiger partial charge in [0.1, 0.15) is 0 Å². The van der Waals surface area contributed by atoms with Crippen molar-refractivity contribution >= 4 is 5.91 Å². The number of fused-ring (bicyclic) bond motifs is 1. The highest BCUT2D eigenvalue weighted by Crippen LogP contribution is 2.24. The first-order chi connectivity index (χ1) is 12.3. The molecule has 0 saturated carbocycles. The van der Waals surface area contributed by atoms with Gasteiger partial charge in [0.25, 0.3) is 5.91 Å². The predicted octanol–water partition coefficient (Wildman–Crippen LogP) is 3.39. The van der Waals surface area contributed by atoms with Crippen molar-refractivity contribution in [2.75, 3.05) is 13.1 Å². The summed E-state index contributed by atoms with van der Waals surface area (Å²) in [5.74, 6) is 0.167. The smallest absolute Gasteiger partial charge is 0.253 e. The zero-order valence-corrected chi connectivity index (χ0v) is 14.5. The zero-order chi connectivity index (χ0) is 17.1. The largest absolute Gasteiger partial charge is 0.373 e. The summed E-state index contributed by atoms with van der Waals surface area (Å²) in [6.45, 7) is 2.14. The van der Waals surface area contributed by atoms with Gasteiger partial charge in [-0.2, -0.15) is 0 Å². The average molecular weight is 336 g/mol. The van der Waals surface area contributed by atoms with Crippen LogP contribution in [0.25, 0.3) is 0 Å². The number of rotatable bonds is 4. The number of carbonyl (C=O) groups excluding carboxylic acids is 1. The van der Waals surface area contributed by atoms with Crippen molar-refractivity contribution < 1.29 is 9.53 Å². The van der Waals surface area contributed by atoms with E-state index in [0.29, 0.717) is 6.61 Å². The van der Waals surface area contributed by atoms with Crippen molar-refractivity contribution in [3.8, 4) is 0 Å². The number of pyridine rings is 1. The Balaban J connectivity index is 1.30. The fraction of sp³-hybridized carbons (Fsp3) is 0.429. The van der Waals surface area contributed by atoms with Gasteiger partial charge in [-0.15, -0.1) is 0 Å². The van der Waals surface area contributed by atoms with Gasteiger partial charge in [-0.25, -0.2) is 0 Å². The van der Waals surface area contributed by atoms with Crippen LogP contribution in [0.1, 0.15) is 46.3 Å². The molecule has 2 aromatic rings. The van der Waals surface area contributed by atoms with Crippen LogP contribution < -0.4 is 0 Å². The molecule has 2 aliphatic rings. The summed E-state index contributed by atoms with van der Waals surface area (Å²) < 4.78 is 5.99. The summed E-state index contributed by atoms with van der Waals surface area (Å²) in [6, 6.07) is 10.2. The molecule has 1 fully saturated rings. The van der Waals surface area contributed by atoms with Gasteiger partial charge < -0.3 is 9.64 Å². The van der Waals surface area contributed by atoms with E-state index in [4.69, 9.17) is 4.74 Å². The number of piperidine rings is 1. The second-order valence-corrected chi connectivity index (χ2v) is 7.00. The Labute approximate surface area is 148 Å². The van der Waals surface area contributed by atoms with E-state index in [1.165, 1.54) is 17.5 Å². The topological polar surface area (TPSA) is 42.4 Å². The average Bonchev–Trinajstić information content (AvgIpc) is 3.15. The summed E-state index contributed by atoms with van der Waals surface area (Å²) in [7, 11) is 0. The SMILES string of the molecule is O=C(c1ccc2c(c1)CCC2)N1CCC(OCc2cccnc2)CC1. The molecule has 0 unspecified atom stereocenters. The van der Waals surface area contributed by atoms with Crippen LogP contribution >= 0.6 is 0 Å². The van der Waals surface area contributed by atoms with Crippen molar-refractivity contribution in [1.29, 1.82) is 0 Å². The van der Waals surface area contributed by atoms with Gasteiger partial charge in [-0.05, 0) is 67.0 Å². The molecule has 4 nitrogen and oxygen atoms in total. The molecule has 130 valence electrons. The van der Waals surface area contributed by atoms with Crippen LogP contribution in [0.3, 0.4) is 0 Å². The first kappa shape index (κ1) is 16.3. The quantitative estimate of drug-likeness (QED) is 0.859. The Hall–Kier alpha value is -2.20. The van der Waals surface area contributed by atoms with E-state index in [-0.39, 0.29) is 12.0 Å². The molecule has 1 aliphatic heterocycles. The van der Waals surface area contributed by atoms with Crippen LogP contribution in [-0.4, -0.2) is 35.0 Å². The first-order valence-corrected chi connectivity index (χ1v) is 9.21. The summed E-state index contributed by atoms with van der Waals surface area (Å²) in [6.07, 6.45) is 9.12. The first-order valence-electron chi connectivity index (χ1n) is 9.21. The number of benzene rings is 1. The number of aromatic nitrogens is 1. The highest BCUT2D eigenvalue weighted by molar-refractivity contribution is 5.94. The molecule has 1 aromatic carbocycles. The van der Waals surface area contributed by atoms with Crippen molar-refractivity contribution in [2.24, 2.45) is 0 Å². The lowest BCUT2D eigenvalue weighted by molar-refractivity contribution is -0.000470. The highest BCUT2D eigenvalue weighted by Gasteiger charge is 2.25. The third-order valence-electron chi connectivity index (χ3n) is 5.28. The second kappa shape index (κ2) is 7.36. The molecular formula is C21H24N2O2. The molecule has 1 aliphatic carbocycles. The number of nitrogens with zero attached hydrogens (tertiary/aromatic N) is 2. The molecule has 1 saturated heterocycles. The molecule has 0 bridgehead atoms. The Morgan fingerprint density at radius 2 is 2.00 bits per heavy atom. The second-order valence-electron chi connectivity index (χ2n) is 7.00. The molecule has 4 rings (SSSR count).